The number of unbranched alkanes of at least 4 members (excludes halogenated alkanes) is 50. The van der Waals surface area contributed by atoms with Crippen molar-refractivity contribution in [3.05, 3.63) is 60.8 Å². The molecule has 0 spiro atoms. The van der Waals surface area contributed by atoms with E-state index in [1.54, 1.807) is 6.08 Å². The molecule has 0 heterocycles. The Kier molecular flexibility index (Phi) is 69.9. The molecule has 0 saturated carbocycles. The number of aliphatic hydroxyl groups is 2. The lowest BCUT2D eigenvalue weighted by atomic mass is 10.0. The normalized spacial score (nSPS) is 12.9. The van der Waals surface area contributed by atoms with E-state index >= 15 is 0 Å². The van der Waals surface area contributed by atoms with E-state index < -0.39 is 12.1 Å². The summed E-state index contributed by atoms with van der Waals surface area (Å²) in [5, 5.41) is 23.1. The number of carbonyl (C=O) groups is 2. The van der Waals surface area contributed by atoms with Gasteiger partial charge in [0, 0.05) is 12.8 Å². The van der Waals surface area contributed by atoms with E-state index in [4.69, 9.17) is 4.74 Å². The second kappa shape index (κ2) is 72.0. The molecule has 3 N–H and O–H groups in total. The van der Waals surface area contributed by atoms with Gasteiger partial charge in [0.05, 0.1) is 25.4 Å². The summed E-state index contributed by atoms with van der Waals surface area (Å²) in [6, 6.07) is -0.625. The van der Waals surface area contributed by atoms with Crippen LogP contribution in [0.3, 0.4) is 0 Å². The van der Waals surface area contributed by atoms with E-state index in [9.17, 15) is 19.8 Å². The average molecular weight is 1160 g/mol. The van der Waals surface area contributed by atoms with E-state index in [1.165, 1.54) is 308 Å². The SMILES string of the molecule is CCCCC/C=C\C/C=C\CCCCCCCCCC(=O)OCCCCCCCCCCCCCCC/C=C\C/C=C\CCCCCCCCCCCCCCCCCCCC(=O)NC(CO)C(O)/C=C/CCCCCCCCCCCC. The zero-order valence-electron chi connectivity index (χ0n) is 55.7. The van der Waals surface area contributed by atoms with Crippen LogP contribution in [-0.2, 0) is 14.3 Å². The highest BCUT2D eigenvalue weighted by Crippen LogP contribution is 2.18. The van der Waals surface area contributed by atoms with Gasteiger partial charge in [-0.25, -0.2) is 0 Å². The van der Waals surface area contributed by atoms with Gasteiger partial charge in [-0.2, -0.15) is 0 Å². The fourth-order valence-corrected chi connectivity index (χ4v) is 11.3. The molecule has 0 aliphatic heterocycles. The standard InChI is InChI=1S/C77H143NO5/c1-3-5-7-9-11-13-15-17-18-40-44-47-51-55-59-63-67-71-77(82)83-72-68-64-60-56-52-48-45-42-39-37-35-33-31-29-27-25-23-21-19-20-22-24-26-28-30-32-34-36-38-41-43-46-50-54-58-62-66-70-76(81)78-74(73-79)75(80)69-65-61-57-53-49-16-14-12-10-8-6-4-2/h11,13,17-19,21,25,27,65,69,74-75,79-80H,3-10,12,14-16,20,22-24,26,28-64,66-68,70-73H2,1-2H3,(H,78,81)/b13-11-,18-17-,21-19-,27-25-,69-65+. The molecule has 2 unspecified atom stereocenters. The van der Waals surface area contributed by atoms with E-state index in [0.29, 0.717) is 19.4 Å². The number of nitrogens with one attached hydrogen (secondary N) is 1. The van der Waals surface area contributed by atoms with Crippen molar-refractivity contribution < 1.29 is 24.5 Å². The lowest BCUT2D eigenvalue weighted by Crippen LogP contribution is -2.45. The van der Waals surface area contributed by atoms with Crippen molar-refractivity contribution in [3.8, 4) is 0 Å². The zero-order chi connectivity index (χ0) is 59.9. The van der Waals surface area contributed by atoms with Crippen LogP contribution in [0.1, 0.15) is 393 Å². The second-order valence-corrected chi connectivity index (χ2v) is 25.3. The molecule has 1 amide bonds. The molecule has 0 saturated heterocycles. The van der Waals surface area contributed by atoms with Crippen LogP contribution in [-0.4, -0.2) is 47.4 Å². The number of carbonyl (C=O) groups excluding carboxylic acids is 2. The minimum absolute atomic E-state index is 0.0107. The van der Waals surface area contributed by atoms with Crippen LogP contribution in [0.2, 0.25) is 0 Å². The molecule has 0 aliphatic rings. The summed E-state index contributed by atoms with van der Waals surface area (Å²) in [6.07, 6.45) is 96.1. The van der Waals surface area contributed by atoms with Crippen LogP contribution in [0.5, 0.6) is 0 Å². The molecule has 486 valence electrons. The molecule has 0 bridgehead atoms. The Balaban J connectivity index is 3.36. The summed E-state index contributed by atoms with van der Waals surface area (Å²) in [7, 11) is 0. The summed E-state index contributed by atoms with van der Waals surface area (Å²) < 4.78 is 5.50. The van der Waals surface area contributed by atoms with Gasteiger partial charge in [0.1, 0.15) is 0 Å². The van der Waals surface area contributed by atoms with Gasteiger partial charge in [-0.15, -0.1) is 0 Å². The Hall–Kier alpha value is -2.44. The molecular formula is C77H143NO5. The third-order valence-corrected chi connectivity index (χ3v) is 17.0. The Bertz CT molecular complexity index is 1430. The molecule has 0 aromatic rings. The van der Waals surface area contributed by atoms with Gasteiger partial charge in [0.15, 0.2) is 0 Å². The minimum Gasteiger partial charge on any atom is -0.466 e. The molecule has 6 nitrogen and oxygen atoms in total. The van der Waals surface area contributed by atoms with E-state index in [-0.39, 0.29) is 18.5 Å². The summed E-state index contributed by atoms with van der Waals surface area (Å²) in [5.41, 5.74) is 0. The smallest absolute Gasteiger partial charge is 0.305 e. The molecular weight excluding hydrogens is 1020 g/mol. The van der Waals surface area contributed by atoms with Crippen molar-refractivity contribution in [2.24, 2.45) is 0 Å². The highest BCUT2D eigenvalue weighted by atomic mass is 16.5. The van der Waals surface area contributed by atoms with Gasteiger partial charge in [0.25, 0.3) is 0 Å². The van der Waals surface area contributed by atoms with Crippen molar-refractivity contribution in [2.45, 2.75) is 405 Å². The van der Waals surface area contributed by atoms with Gasteiger partial charge < -0.3 is 20.3 Å². The lowest BCUT2D eigenvalue weighted by molar-refractivity contribution is -0.143. The van der Waals surface area contributed by atoms with Crippen LogP contribution in [0.25, 0.3) is 0 Å². The largest absolute Gasteiger partial charge is 0.466 e. The average Bonchev–Trinajstić information content (AvgIpc) is 3.49. The van der Waals surface area contributed by atoms with Crippen molar-refractivity contribution in [3.63, 3.8) is 0 Å². The van der Waals surface area contributed by atoms with Crippen molar-refractivity contribution in [2.75, 3.05) is 13.2 Å². The van der Waals surface area contributed by atoms with Gasteiger partial charge in [0.2, 0.25) is 5.91 Å². The van der Waals surface area contributed by atoms with E-state index in [2.05, 4.69) is 67.8 Å². The molecule has 0 radical (unpaired) electrons. The summed E-state index contributed by atoms with van der Waals surface area (Å²) in [4.78, 5) is 24.6. The maximum absolute atomic E-state index is 12.5. The Morgan fingerprint density at radius 2 is 0.602 bits per heavy atom. The summed E-state index contributed by atoms with van der Waals surface area (Å²) in [6.45, 7) is 4.89. The fraction of sp³-hybridized carbons (Fsp3) is 0.844. The van der Waals surface area contributed by atoms with Crippen molar-refractivity contribution in [1.82, 2.24) is 5.32 Å². The lowest BCUT2D eigenvalue weighted by Gasteiger charge is -2.20. The predicted molar refractivity (Wildman–Crippen MR) is 365 cm³/mol. The molecule has 0 aliphatic carbocycles. The number of allylic oxidation sites excluding steroid dienone is 9. The molecule has 0 fully saturated rings. The molecule has 2 atom stereocenters. The van der Waals surface area contributed by atoms with Gasteiger partial charge in [-0.1, -0.05) is 344 Å². The maximum atomic E-state index is 12.5. The minimum atomic E-state index is -0.842. The Morgan fingerprint density at radius 3 is 0.940 bits per heavy atom. The number of hydrogen-bond donors (Lipinski definition) is 3. The highest BCUT2D eigenvalue weighted by Gasteiger charge is 2.18. The predicted octanol–water partition coefficient (Wildman–Crippen LogP) is 24.2. The third kappa shape index (κ3) is 68.5. The number of rotatable bonds is 69. The number of hydrogen-bond acceptors (Lipinski definition) is 5. The Labute approximate surface area is 518 Å². The number of aliphatic hydroxyl groups excluding tert-OH is 2. The third-order valence-electron chi connectivity index (χ3n) is 17.0. The van der Waals surface area contributed by atoms with Crippen LogP contribution in [0, 0.1) is 0 Å². The maximum Gasteiger partial charge on any atom is 0.305 e. The highest BCUT2D eigenvalue weighted by molar-refractivity contribution is 5.76. The van der Waals surface area contributed by atoms with E-state index in [0.717, 1.165) is 57.8 Å². The quantitative estimate of drug-likeness (QED) is 0.0320. The molecule has 0 rings (SSSR count). The first kappa shape index (κ1) is 80.6. The van der Waals surface area contributed by atoms with E-state index in [1.807, 2.05) is 6.08 Å². The topological polar surface area (TPSA) is 95.9 Å². The Morgan fingerprint density at radius 1 is 0.337 bits per heavy atom. The van der Waals surface area contributed by atoms with Gasteiger partial charge >= 0.3 is 5.97 Å². The van der Waals surface area contributed by atoms with Crippen molar-refractivity contribution >= 4 is 11.9 Å². The van der Waals surface area contributed by atoms with Gasteiger partial charge in [-0.05, 0) is 96.3 Å². The number of esters is 1. The first-order valence-corrected chi connectivity index (χ1v) is 37.1. The molecule has 6 heteroatoms. The van der Waals surface area contributed by atoms with Crippen LogP contribution in [0.4, 0.5) is 0 Å². The summed E-state index contributed by atoms with van der Waals surface area (Å²) in [5.74, 6) is -0.0543. The van der Waals surface area contributed by atoms with Crippen LogP contribution >= 0.6 is 0 Å². The zero-order valence-corrected chi connectivity index (χ0v) is 55.7. The number of ether oxygens (including phenoxy) is 1. The number of amides is 1. The first-order chi connectivity index (χ1) is 41.0. The van der Waals surface area contributed by atoms with Gasteiger partial charge in [-0.3, -0.25) is 9.59 Å². The molecule has 0 aromatic heterocycles. The van der Waals surface area contributed by atoms with Crippen LogP contribution < -0.4 is 5.32 Å². The first-order valence-electron chi connectivity index (χ1n) is 37.1. The molecule has 83 heavy (non-hydrogen) atoms. The second-order valence-electron chi connectivity index (χ2n) is 25.3. The monoisotopic (exact) mass is 1160 g/mol. The fourth-order valence-electron chi connectivity index (χ4n) is 11.3. The molecule has 0 aromatic carbocycles. The van der Waals surface area contributed by atoms with Crippen molar-refractivity contribution in [1.29, 1.82) is 0 Å². The van der Waals surface area contributed by atoms with Crippen LogP contribution in [0.15, 0.2) is 60.8 Å². The summed E-state index contributed by atoms with van der Waals surface area (Å²) >= 11 is 0.